The van der Waals surface area contributed by atoms with Crippen molar-refractivity contribution in [2.45, 2.75) is 45.4 Å². The van der Waals surface area contributed by atoms with Crippen LogP contribution >= 0.6 is 11.8 Å². The van der Waals surface area contributed by atoms with Gasteiger partial charge in [0.25, 0.3) is 0 Å². The van der Waals surface area contributed by atoms with Crippen molar-refractivity contribution in [1.29, 1.82) is 0 Å². The molecule has 2 aliphatic heterocycles. The number of hydrogen-bond acceptors (Lipinski definition) is 3. The van der Waals surface area contributed by atoms with Crippen molar-refractivity contribution in [1.82, 2.24) is 9.80 Å². The predicted molar refractivity (Wildman–Crippen MR) is 82.3 cm³/mol. The largest absolute Gasteiger partial charge is 0.340 e. The number of rotatable bonds is 4. The fourth-order valence-electron chi connectivity index (χ4n) is 3.17. The molecule has 0 aromatic heterocycles. The fraction of sp³-hybridized carbons (Fsp3) is 0.933. The zero-order valence-electron chi connectivity index (χ0n) is 12.8. The molecule has 1 spiro atoms. The van der Waals surface area contributed by atoms with Crippen LogP contribution in [0.3, 0.4) is 0 Å². The number of carbonyl (C=O) groups excluding carboxylic acids is 1. The van der Waals surface area contributed by atoms with Gasteiger partial charge in [0.05, 0.1) is 4.87 Å². The van der Waals surface area contributed by atoms with Crippen LogP contribution in [0.5, 0.6) is 0 Å². The van der Waals surface area contributed by atoms with Gasteiger partial charge in [-0.05, 0) is 18.3 Å². The molecule has 110 valence electrons. The molecule has 0 aliphatic carbocycles. The monoisotopic (exact) mass is 284 g/mol. The van der Waals surface area contributed by atoms with E-state index in [2.05, 4.69) is 49.3 Å². The van der Waals surface area contributed by atoms with E-state index in [1.54, 1.807) is 0 Å². The van der Waals surface area contributed by atoms with Gasteiger partial charge in [0, 0.05) is 38.4 Å². The normalized spacial score (nSPS) is 28.2. The Morgan fingerprint density at radius 2 is 1.95 bits per heavy atom. The number of nitrogens with zero attached hydrogens (tertiary/aromatic N) is 2. The van der Waals surface area contributed by atoms with Crippen LogP contribution in [0.25, 0.3) is 0 Å². The standard InChI is InChI=1S/C15H28N2OS/c1-12(2)9-14(18)16-6-5-15(11-16)17(7-8-19-15)10-13(3)4/h12-13H,5-11H2,1-4H3. The summed E-state index contributed by atoms with van der Waals surface area (Å²) >= 11 is 2.07. The van der Waals surface area contributed by atoms with Crippen molar-refractivity contribution in [3.05, 3.63) is 0 Å². The van der Waals surface area contributed by atoms with Crippen molar-refractivity contribution < 1.29 is 4.79 Å². The summed E-state index contributed by atoms with van der Waals surface area (Å²) in [6, 6.07) is 0. The van der Waals surface area contributed by atoms with Gasteiger partial charge in [0.2, 0.25) is 5.91 Å². The van der Waals surface area contributed by atoms with E-state index in [4.69, 9.17) is 0 Å². The molecule has 2 fully saturated rings. The topological polar surface area (TPSA) is 23.6 Å². The lowest BCUT2D eigenvalue weighted by atomic mass is 10.1. The molecular weight excluding hydrogens is 256 g/mol. The van der Waals surface area contributed by atoms with Crippen LogP contribution in [0.2, 0.25) is 0 Å². The van der Waals surface area contributed by atoms with Crippen LogP contribution in [-0.4, -0.2) is 52.5 Å². The Balaban J connectivity index is 1.97. The maximum absolute atomic E-state index is 12.2. The number of likely N-dealkylation sites (tertiary alicyclic amines) is 1. The number of amides is 1. The molecule has 1 atom stereocenters. The minimum absolute atomic E-state index is 0.233. The van der Waals surface area contributed by atoms with Crippen LogP contribution in [0.4, 0.5) is 0 Å². The lowest BCUT2D eigenvalue weighted by Crippen LogP contribution is -2.46. The van der Waals surface area contributed by atoms with Crippen LogP contribution in [0, 0.1) is 11.8 Å². The summed E-state index contributed by atoms with van der Waals surface area (Å²) < 4.78 is 0. The molecule has 0 saturated carbocycles. The quantitative estimate of drug-likeness (QED) is 0.793. The zero-order valence-corrected chi connectivity index (χ0v) is 13.6. The Bertz CT molecular complexity index is 332. The third kappa shape index (κ3) is 3.46. The maximum Gasteiger partial charge on any atom is 0.222 e. The molecule has 0 radical (unpaired) electrons. The van der Waals surface area contributed by atoms with E-state index in [9.17, 15) is 4.79 Å². The van der Waals surface area contributed by atoms with Gasteiger partial charge in [-0.1, -0.05) is 27.7 Å². The van der Waals surface area contributed by atoms with E-state index in [1.165, 1.54) is 18.8 Å². The maximum atomic E-state index is 12.2. The van der Waals surface area contributed by atoms with Crippen molar-refractivity contribution in [3.8, 4) is 0 Å². The number of hydrogen-bond donors (Lipinski definition) is 0. The lowest BCUT2D eigenvalue weighted by Gasteiger charge is -2.35. The van der Waals surface area contributed by atoms with E-state index < -0.39 is 0 Å². The smallest absolute Gasteiger partial charge is 0.222 e. The SMILES string of the molecule is CC(C)CC(=O)N1CCC2(C1)SCCN2CC(C)C. The molecule has 3 nitrogen and oxygen atoms in total. The summed E-state index contributed by atoms with van der Waals surface area (Å²) in [7, 11) is 0. The van der Waals surface area contributed by atoms with Crippen molar-refractivity contribution in [3.63, 3.8) is 0 Å². The van der Waals surface area contributed by atoms with E-state index >= 15 is 0 Å². The van der Waals surface area contributed by atoms with Crippen molar-refractivity contribution in [2.75, 3.05) is 31.9 Å². The molecule has 2 rings (SSSR count). The third-order valence-electron chi connectivity index (χ3n) is 4.04. The van der Waals surface area contributed by atoms with Gasteiger partial charge in [-0.3, -0.25) is 9.69 Å². The molecule has 2 aliphatic rings. The third-order valence-corrected chi connectivity index (χ3v) is 5.56. The Labute approximate surface area is 122 Å². The van der Waals surface area contributed by atoms with E-state index in [0.29, 0.717) is 24.2 Å². The Morgan fingerprint density at radius 1 is 1.21 bits per heavy atom. The highest BCUT2D eigenvalue weighted by Crippen LogP contribution is 2.43. The predicted octanol–water partition coefficient (Wildman–Crippen LogP) is 2.67. The highest BCUT2D eigenvalue weighted by atomic mass is 32.2. The van der Waals surface area contributed by atoms with Crippen LogP contribution in [-0.2, 0) is 4.79 Å². The van der Waals surface area contributed by atoms with Crippen LogP contribution in [0.1, 0.15) is 40.5 Å². The average molecular weight is 284 g/mol. The Kier molecular flexibility index (Phi) is 4.83. The number of thioether (sulfide) groups is 1. The molecule has 4 heteroatoms. The zero-order chi connectivity index (χ0) is 14.0. The molecule has 1 unspecified atom stereocenters. The minimum atomic E-state index is 0.233. The summed E-state index contributed by atoms with van der Waals surface area (Å²) in [6.07, 6.45) is 1.85. The highest BCUT2D eigenvalue weighted by molar-refractivity contribution is 8.00. The highest BCUT2D eigenvalue weighted by Gasteiger charge is 2.47. The summed E-state index contributed by atoms with van der Waals surface area (Å²) in [6.45, 7) is 13.1. The fourth-order valence-corrected chi connectivity index (χ4v) is 4.70. The van der Waals surface area contributed by atoms with Crippen molar-refractivity contribution in [2.24, 2.45) is 11.8 Å². The molecule has 0 bridgehead atoms. The first-order chi connectivity index (χ1) is 8.93. The summed E-state index contributed by atoms with van der Waals surface area (Å²) in [4.78, 5) is 17.2. The van der Waals surface area contributed by atoms with Gasteiger partial charge < -0.3 is 4.90 Å². The van der Waals surface area contributed by atoms with Gasteiger partial charge in [-0.25, -0.2) is 0 Å². The van der Waals surface area contributed by atoms with E-state index in [-0.39, 0.29) is 4.87 Å². The first-order valence-electron chi connectivity index (χ1n) is 7.60. The first-order valence-corrected chi connectivity index (χ1v) is 8.58. The number of carbonyl (C=O) groups is 1. The van der Waals surface area contributed by atoms with E-state index in [0.717, 1.165) is 19.5 Å². The van der Waals surface area contributed by atoms with E-state index in [1.807, 2.05) is 0 Å². The van der Waals surface area contributed by atoms with Gasteiger partial charge >= 0.3 is 0 Å². The van der Waals surface area contributed by atoms with Gasteiger partial charge in [-0.15, -0.1) is 11.8 Å². The second-order valence-corrected chi connectivity index (χ2v) is 8.25. The van der Waals surface area contributed by atoms with Gasteiger partial charge in [0.1, 0.15) is 0 Å². The molecule has 0 aromatic rings. The van der Waals surface area contributed by atoms with Crippen LogP contribution in [0.15, 0.2) is 0 Å². The summed E-state index contributed by atoms with van der Waals surface area (Å²) in [5.74, 6) is 2.74. The molecule has 0 aromatic carbocycles. The minimum Gasteiger partial charge on any atom is -0.340 e. The Morgan fingerprint density at radius 3 is 2.58 bits per heavy atom. The second kappa shape index (κ2) is 6.04. The molecule has 0 N–H and O–H groups in total. The summed E-state index contributed by atoms with van der Waals surface area (Å²) in [5, 5.41) is 0. The lowest BCUT2D eigenvalue weighted by molar-refractivity contribution is -0.131. The molecular formula is C15H28N2OS. The van der Waals surface area contributed by atoms with Crippen LogP contribution < -0.4 is 0 Å². The van der Waals surface area contributed by atoms with Gasteiger partial charge in [0.15, 0.2) is 0 Å². The Hall–Kier alpha value is -0.220. The average Bonchev–Trinajstić information content (AvgIpc) is 2.87. The van der Waals surface area contributed by atoms with Gasteiger partial charge in [-0.2, -0.15) is 0 Å². The molecule has 2 heterocycles. The first kappa shape index (κ1) is 15.2. The van der Waals surface area contributed by atoms with Crippen molar-refractivity contribution >= 4 is 17.7 Å². The second-order valence-electron chi connectivity index (χ2n) is 6.80. The molecule has 2 saturated heterocycles. The summed E-state index contributed by atoms with van der Waals surface area (Å²) in [5.41, 5.74) is 0. The molecule has 1 amide bonds. The molecule has 19 heavy (non-hydrogen) atoms.